The van der Waals surface area contributed by atoms with Crippen LogP contribution >= 0.6 is 23.2 Å². The maximum absolute atomic E-state index is 11.6. The summed E-state index contributed by atoms with van der Waals surface area (Å²) in [6.45, 7) is 8.00. The summed E-state index contributed by atoms with van der Waals surface area (Å²) in [6.07, 6.45) is 1.49. The molecule has 1 amide bonds. The molecule has 0 aliphatic carbocycles. The molecule has 0 atom stereocenters. The highest BCUT2D eigenvalue weighted by atomic mass is 35.5. The number of aromatic nitrogens is 2. The number of anilines is 2. The lowest BCUT2D eigenvalue weighted by molar-refractivity contribution is 0.0959. The van der Waals surface area contributed by atoms with Crippen molar-refractivity contribution in [2.45, 2.75) is 27.7 Å². The van der Waals surface area contributed by atoms with Crippen LogP contribution in [0.4, 0.5) is 11.4 Å². The maximum Gasteiger partial charge on any atom is 0.271 e. The molecule has 0 fully saturated rings. The van der Waals surface area contributed by atoms with Gasteiger partial charge in [0.2, 0.25) is 0 Å². The molecule has 1 aromatic carbocycles. The van der Waals surface area contributed by atoms with E-state index in [9.17, 15) is 4.79 Å². The van der Waals surface area contributed by atoms with E-state index >= 15 is 0 Å². The molecule has 0 saturated carbocycles. The van der Waals surface area contributed by atoms with Crippen LogP contribution in [0.3, 0.4) is 0 Å². The Labute approximate surface area is 141 Å². The number of halogens is 2. The van der Waals surface area contributed by atoms with Crippen molar-refractivity contribution in [1.82, 2.24) is 15.5 Å². The highest BCUT2D eigenvalue weighted by Crippen LogP contribution is 2.33. The molecule has 0 aliphatic heterocycles. The number of nitrogens with zero attached hydrogens (tertiary/aromatic N) is 1. The topological polar surface area (TPSA) is 69.8 Å². The molecule has 2 aromatic rings. The van der Waals surface area contributed by atoms with Crippen molar-refractivity contribution in [2.24, 2.45) is 0 Å². The van der Waals surface area contributed by atoms with Crippen molar-refractivity contribution in [3.8, 4) is 0 Å². The second kappa shape index (κ2) is 10.9. The fourth-order valence-corrected chi connectivity index (χ4v) is 1.92. The number of benzene rings is 1. The molecule has 2 rings (SSSR count). The van der Waals surface area contributed by atoms with E-state index in [4.69, 9.17) is 23.2 Å². The van der Waals surface area contributed by atoms with Gasteiger partial charge < -0.3 is 10.6 Å². The minimum atomic E-state index is -0.279. The molecule has 0 aliphatic rings. The Hall–Kier alpha value is -1.72. The summed E-state index contributed by atoms with van der Waals surface area (Å²) >= 11 is 12.1. The number of aromatic amines is 1. The summed E-state index contributed by atoms with van der Waals surface area (Å²) in [7, 11) is 1.54. The third-order valence-corrected chi connectivity index (χ3v) is 2.95. The quantitative estimate of drug-likeness (QED) is 0.743. The monoisotopic (exact) mass is 344 g/mol. The minimum absolute atomic E-state index is 0.279. The Morgan fingerprint density at radius 1 is 1.14 bits per heavy atom. The third-order valence-electron chi connectivity index (χ3n) is 2.32. The first-order valence-electron chi connectivity index (χ1n) is 7.10. The first-order chi connectivity index (χ1) is 10.6. The molecule has 0 radical (unpaired) electrons. The van der Waals surface area contributed by atoms with E-state index in [0.29, 0.717) is 27.1 Å². The Balaban J connectivity index is 0.00000102. The average Bonchev–Trinajstić information content (AvgIpc) is 3.02. The van der Waals surface area contributed by atoms with Gasteiger partial charge in [0.25, 0.3) is 5.91 Å². The maximum atomic E-state index is 11.6. The predicted octanol–water partition coefficient (Wildman–Crippen LogP) is 4.87. The molecule has 3 N–H and O–H groups in total. The summed E-state index contributed by atoms with van der Waals surface area (Å²) < 4.78 is 0. The average molecular weight is 345 g/mol. The first-order valence-corrected chi connectivity index (χ1v) is 7.85. The van der Waals surface area contributed by atoms with Crippen LogP contribution in [-0.2, 0) is 0 Å². The van der Waals surface area contributed by atoms with Crippen molar-refractivity contribution in [3.63, 3.8) is 0 Å². The molecular formula is C15H22Cl2N4O. The van der Waals surface area contributed by atoms with E-state index in [-0.39, 0.29) is 5.91 Å². The SMILES string of the molecule is CC.CC.CNC(=O)c1[nH]ncc1Nc1c(Cl)cccc1Cl. The number of hydrogen-bond donors (Lipinski definition) is 3. The number of carbonyl (C=O) groups is 1. The smallest absolute Gasteiger partial charge is 0.271 e. The van der Waals surface area contributed by atoms with Gasteiger partial charge in [-0.25, -0.2) is 0 Å². The van der Waals surface area contributed by atoms with E-state index in [0.717, 1.165) is 0 Å². The van der Waals surface area contributed by atoms with Crippen molar-refractivity contribution in [1.29, 1.82) is 0 Å². The van der Waals surface area contributed by atoms with Gasteiger partial charge in [-0.05, 0) is 12.1 Å². The summed E-state index contributed by atoms with van der Waals surface area (Å²) in [5.74, 6) is -0.279. The summed E-state index contributed by atoms with van der Waals surface area (Å²) in [5.41, 5.74) is 1.35. The predicted molar refractivity (Wildman–Crippen MR) is 94.4 cm³/mol. The Bertz CT molecular complexity index is 564. The Morgan fingerprint density at radius 2 is 1.68 bits per heavy atom. The molecule has 122 valence electrons. The van der Waals surface area contributed by atoms with Gasteiger partial charge in [-0.2, -0.15) is 5.10 Å². The van der Waals surface area contributed by atoms with Crippen LogP contribution < -0.4 is 10.6 Å². The molecule has 22 heavy (non-hydrogen) atoms. The minimum Gasteiger partial charge on any atom is -0.354 e. The van der Waals surface area contributed by atoms with Crippen molar-refractivity contribution >= 4 is 40.5 Å². The third kappa shape index (κ3) is 5.24. The molecule has 7 heteroatoms. The molecular weight excluding hydrogens is 323 g/mol. The van der Waals surface area contributed by atoms with Gasteiger partial charge in [0.15, 0.2) is 0 Å². The van der Waals surface area contributed by atoms with Crippen molar-refractivity contribution in [2.75, 3.05) is 12.4 Å². The van der Waals surface area contributed by atoms with E-state index in [1.54, 1.807) is 18.2 Å². The number of carbonyl (C=O) groups excluding carboxylic acids is 1. The van der Waals surface area contributed by atoms with Crippen LogP contribution in [0.15, 0.2) is 24.4 Å². The molecule has 1 heterocycles. The Morgan fingerprint density at radius 3 is 2.18 bits per heavy atom. The molecule has 5 nitrogen and oxygen atoms in total. The second-order valence-electron chi connectivity index (χ2n) is 3.46. The molecule has 0 saturated heterocycles. The normalized spacial score (nSPS) is 8.86. The number of hydrogen-bond acceptors (Lipinski definition) is 3. The number of H-pyrrole nitrogens is 1. The van der Waals surface area contributed by atoms with E-state index in [1.165, 1.54) is 13.2 Å². The summed E-state index contributed by atoms with van der Waals surface area (Å²) in [4.78, 5) is 11.6. The van der Waals surface area contributed by atoms with Crippen LogP contribution in [0.1, 0.15) is 38.2 Å². The zero-order valence-corrected chi connectivity index (χ0v) is 14.9. The lowest BCUT2D eigenvalue weighted by Gasteiger charge is -2.09. The van der Waals surface area contributed by atoms with E-state index in [1.807, 2.05) is 27.7 Å². The van der Waals surface area contributed by atoms with Crippen molar-refractivity contribution in [3.05, 3.63) is 40.1 Å². The zero-order chi connectivity index (χ0) is 17.1. The van der Waals surface area contributed by atoms with E-state index < -0.39 is 0 Å². The number of amides is 1. The zero-order valence-electron chi connectivity index (χ0n) is 13.4. The van der Waals surface area contributed by atoms with Crippen LogP contribution in [-0.4, -0.2) is 23.2 Å². The van der Waals surface area contributed by atoms with Gasteiger partial charge in [-0.1, -0.05) is 57.0 Å². The van der Waals surface area contributed by atoms with Gasteiger partial charge in [0.1, 0.15) is 5.69 Å². The fraction of sp³-hybridized carbons (Fsp3) is 0.333. The van der Waals surface area contributed by atoms with Gasteiger partial charge in [0.05, 0.1) is 27.6 Å². The van der Waals surface area contributed by atoms with Gasteiger partial charge in [0, 0.05) is 7.05 Å². The molecule has 1 aromatic heterocycles. The molecule has 0 bridgehead atoms. The van der Waals surface area contributed by atoms with Gasteiger partial charge in [-0.15, -0.1) is 0 Å². The number of nitrogens with one attached hydrogen (secondary N) is 3. The van der Waals surface area contributed by atoms with Crippen LogP contribution in [0.25, 0.3) is 0 Å². The molecule has 0 unspecified atom stereocenters. The lowest BCUT2D eigenvalue weighted by Crippen LogP contribution is -2.19. The second-order valence-corrected chi connectivity index (χ2v) is 4.27. The largest absolute Gasteiger partial charge is 0.354 e. The molecule has 0 spiro atoms. The van der Waals surface area contributed by atoms with Crippen LogP contribution in [0, 0.1) is 0 Å². The van der Waals surface area contributed by atoms with E-state index in [2.05, 4.69) is 20.8 Å². The summed E-state index contributed by atoms with van der Waals surface area (Å²) in [5, 5.41) is 12.8. The standard InChI is InChI=1S/C11H10Cl2N4O.2C2H6/c1-14-11(18)10-8(5-15-17-10)16-9-6(12)3-2-4-7(9)13;2*1-2/h2-5,16H,1H3,(H,14,18)(H,15,17);2*1-2H3. The van der Waals surface area contributed by atoms with Crippen LogP contribution in [0.2, 0.25) is 10.0 Å². The fourth-order valence-electron chi connectivity index (χ4n) is 1.43. The Kier molecular flexibility index (Phi) is 10.1. The highest BCUT2D eigenvalue weighted by molar-refractivity contribution is 6.39. The lowest BCUT2D eigenvalue weighted by atomic mass is 10.3. The van der Waals surface area contributed by atoms with Gasteiger partial charge >= 0.3 is 0 Å². The first kappa shape index (κ1) is 20.3. The number of rotatable bonds is 3. The van der Waals surface area contributed by atoms with Crippen LogP contribution in [0.5, 0.6) is 0 Å². The summed E-state index contributed by atoms with van der Waals surface area (Å²) in [6, 6.07) is 5.15. The highest BCUT2D eigenvalue weighted by Gasteiger charge is 2.14. The van der Waals surface area contributed by atoms with Gasteiger partial charge in [-0.3, -0.25) is 9.89 Å². The number of para-hydroxylation sites is 1. The van der Waals surface area contributed by atoms with Crippen molar-refractivity contribution < 1.29 is 4.79 Å².